The highest BCUT2D eigenvalue weighted by molar-refractivity contribution is 6.00. The number of fused-ring (bicyclic) bond motifs is 4. The Hall–Kier alpha value is -3.88. The van der Waals surface area contributed by atoms with Crippen molar-refractivity contribution in [1.82, 2.24) is 24.7 Å². The van der Waals surface area contributed by atoms with Crippen LogP contribution in [0.25, 0.3) is 16.4 Å². The second kappa shape index (κ2) is 6.83. The lowest BCUT2D eigenvalue weighted by atomic mass is 10.1. The summed E-state index contributed by atoms with van der Waals surface area (Å²) < 4.78 is 12.5. The lowest BCUT2D eigenvalue weighted by Crippen LogP contribution is -2.49. The van der Waals surface area contributed by atoms with Gasteiger partial charge < -0.3 is 19.3 Å². The molecule has 2 aromatic heterocycles. The number of anilines is 1. The first-order valence-electron chi connectivity index (χ1n) is 10.2. The molecule has 0 radical (unpaired) electrons. The van der Waals surface area contributed by atoms with E-state index in [-0.39, 0.29) is 12.7 Å². The molecule has 2 aromatic carbocycles. The van der Waals surface area contributed by atoms with Crippen LogP contribution in [0.2, 0.25) is 0 Å². The average molecular weight is 416 g/mol. The SMILES string of the molecule is Cc1nnc2c3ccccc3c(N3CCN(C(=O)c4ccc5c(c4)OCO5)CC3)nn12. The molecule has 2 aliphatic rings. The number of benzene rings is 2. The third-order valence-corrected chi connectivity index (χ3v) is 5.89. The Balaban J connectivity index is 1.27. The molecule has 0 N–H and O–H groups in total. The average Bonchev–Trinajstić information content (AvgIpc) is 3.44. The van der Waals surface area contributed by atoms with Crippen LogP contribution in [-0.2, 0) is 0 Å². The van der Waals surface area contributed by atoms with Gasteiger partial charge in [-0.1, -0.05) is 24.3 Å². The Morgan fingerprint density at radius 3 is 2.55 bits per heavy atom. The van der Waals surface area contributed by atoms with Crippen molar-refractivity contribution in [3.05, 3.63) is 53.9 Å². The van der Waals surface area contributed by atoms with E-state index >= 15 is 0 Å². The zero-order valence-corrected chi connectivity index (χ0v) is 17.0. The second-order valence-electron chi connectivity index (χ2n) is 7.70. The zero-order chi connectivity index (χ0) is 20.9. The Morgan fingerprint density at radius 1 is 0.935 bits per heavy atom. The quantitative estimate of drug-likeness (QED) is 0.496. The van der Waals surface area contributed by atoms with E-state index in [0.29, 0.717) is 43.2 Å². The summed E-state index contributed by atoms with van der Waals surface area (Å²) in [6.45, 7) is 4.71. The van der Waals surface area contributed by atoms with Gasteiger partial charge in [-0.2, -0.15) is 4.52 Å². The molecule has 6 rings (SSSR count). The highest BCUT2D eigenvalue weighted by atomic mass is 16.7. The zero-order valence-electron chi connectivity index (χ0n) is 17.0. The van der Waals surface area contributed by atoms with Crippen LogP contribution in [0.3, 0.4) is 0 Å². The first-order valence-corrected chi connectivity index (χ1v) is 10.2. The van der Waals surface area contributed by atoms with E-state index < -0.39 is 0 Å². The van der Waals surface area contributed by atoms with Crippen LogP contribution in [0.5, 0.6) is 11.5 Å². The fourth-order valence-corrected chi connectivity index (χ4v) is 4.23. The van der Waals surface area contributed by atoms with Gasteiger partial charge in [0.15, 0.2) is 28.8 Å². The lowest BCUT2D eigenvalue weighted by molar-refractivity contribution is 0.0746. The standard InChI is InChI=1S/C22H20N6O3/c1-14-23-24-20-16-4-2-3-5-17(16)21(25-28(14)20)26-8-10-27(11-9-26)22(29)15-6-7-18-19(12-15)31-13-30-18/h2-7,12H,8-11,13H2,1H3. The number of piperazine rings is 1. The molecule has 156 valence electrons. The molecule has 0 saturated carbocycles. The molecule has 9 heteroatoms. The number of ether oxygens (including phenoxy) is 2. The molecule has 2 aliphatic heterocycles. The third-order valence-electron chi connectivity index (χ3n) is 5.89. The van der Waals surface area contributed by atoms with Crippen LogP contribution in [0, 0.1) is 6.92 Å². The highest BCUT2D eigenvalue weighted by Gasteiger charge is 2.26. The first-order chi connectivity index (χ1) is 15.2. The minimum absolute atomic E-state index is 0.000809. The summed E-state index contributed by atoms with van der Waals surface area (Å²) in [5.41, 5.74) is 1.37. The van der Waals surface area contributed by atoms with Gasteiger partial charge >= 0.3 is 0 Å². The van der Waals surface area contributed by atoms with Gasteiger partial charge in [-0.05, 0) is 25.1 Å². The molecule has 0 aliphatic carbocycles. The molecule has 0 spiro atoms. The van der Waals surface area contributed by atoms with Gasteiger partial charge in [-0.25, -0.2) is 0 Å². The van der Waals surface area contributed by atoms with E-state index in [1.165, 1.54) is 0 Å². The number of rotatable bonds is 2. The Kier molecular flexibility index (Phi) is 3.95. The largest absolute Gasteiger partial charge is 0.454 e. The van der Waals surface area contributed by atoms with E-state index in [4.69, 9.17) is 14.6 Å². The van der Waals surface area contributed by atoms with Gasteiger partial charge in [0.2, 0.25) is 6.79 Å². The predicted octanol–water partition coefficient (Wildman–Crippen LogP) is 2.28. The second-order valence-corrected chi connectivity index (χ2v) is 7.70. The maximum Gasteiger partial charge on any atom is 0.254 e. The van der Waals surface area contributed by atoms with Crippen molar-refractivity contribution >= 4 is 28.1 Å². The van der Waals surface area contributed by atoms with Crippen molar-refractivity contribution in [3.8, 4) is 11.5 Å². The molecule has 4 aromatic rings. The molecule has 9 nitrogen and oxygen atoms in total. The molecule has 1 amide bonds. The van der Waals surface area contributed by atoms with Crippen molar-refractivity contribution in [1.29, 1.82) is 0 Å². The maximum atomic E-state index is 13.0. The summed E-state index contributed by atoms with van der Waals surface area (Å²) in [5.74, 6) is 2.94. The van der Waals surface area contributed by atoms with E-state index in [0.717, 1.165) is 28.1 Å². The highest BCUT2D eigenvalue weighted by Crippen LogP contribution is 2.33. The van der Waals surface area contributed by atoms with Gasteiger partial charge in [0.05, 0.1) is 0 Å². The van der Waals surface area contributed by atoms with Gasteiger partial charge in [0.25, 0.3) is 5.91 Å². The molecule has 1 saturated heterocycles. The number of nitrogens with zero attached hydrogens (tertiary/aromatic N) is 6. The van der Waals surface area contributed by atoms with E-state index in [2.05, 4.69) is 21.2 Å². The number of aryl methyl sites for hydroxylation is 1. The van der Waals surface area contributed by atoms with Gasteiger partial charge in [-0.15, -0.1) is 15.3 Å². The monoisotopic (exact) mass is 416 g/mol. The third kappa shape index (κ3) is 2.84. The van der Waals surface area contributed by atoms with Crippen LogP contribution in [0.4, 0.5) is 5.82 Å². The Labute approximate surface area is 177 Å². The topological polar surface area (TPSA) is 85.1 Å². The number of aromatic nitrogens is 4. The maximum absolute atomic E-state index is 13.0. The summed E-state index contributed by atoms with van der Waals surface area (Å²) in [6.07, 6.45) is 0. The number of carbonyl (C=O) groups excluding carboxylic acids is 1. The molecule has 0 atom stereocenters. The molecule has 31 heavy (non-hydrogen) atoms. The van der Waals surface area contributed by atoms with Crippen molar-refractivity contribution in [3.63, 3.8) is 0 Å². The summed E-state index contributed by atoms with van der Waals surface area (Å²) in [5, 5.41) is 15.4. The minimum Gasteiger partial charge on any atom is -0.454 e. The number of carbonyl (C=O) groups is 1. The minimum atomic E-state index is 0.000809. The van der Waals surface area contributed by atoms with E-state index in [9.17, 15) is 4.79 Å². The summed E-state index contributed by atoms with van der Waals surface area (Å²) in [7, 11) is 0. The summed E-state index contributed by atoms with van der Waals surface area (Å²) in [6, 6.07) is 13.5. The van der Waals surface area contributed by atoms with Crippen molar-refractivity contribution in [2.45, 2.75) is 6.92 Å². The van der Waals surface area contributed by atoms with Crippen molar-refractivity contribution in [2.75, 3.05) is 37.9 Å². The van der Waals surface area contributed by atoms with Crippen molar-refractivity contribution in [2.24, 2.45) is 0 Å². The molecular weight excluding hydrogens is 396 g/mol. The van der Waals surface area contributed by atoms with Crippen LogP contribution in [0.15, 0.2) is 42.5 Å². The Morgan fingerprint density at radius 2 is 1.71 bits per heavy atom. The smallest absolute Gasteiger partial charge is 0.254 e. The van der Waals surface area contributed by atoms with E-state index in [1.807, 2.05) is 30.0 Å². The first kappa shape index (κ1) is 17.9. The van der Waals surface area contributed by atoms with Gasteiger partial charge in [0, 0.05) is 42.5 Å². The van der Waals surface area contributed by atoms with Crippen molar-refractivity contribution < 1.29 is 14.3 Å². The predicted molar refractivity (Wildman–Crippen MR) is 114 cm³/mol. The number of amides is 1. The van der Waals surface area contributed by atoms with E-state index in [1.54, 1.807) is 22.7 Å². The summed E-state index contributed by atoms with van der Waals surface area (Å²) >= 11 is 0. The molecule has 0 bridgehead atoms. The van der Waals surface area contributed by atoms with Crippen LogP contribution in [-0.4, -0.2) is 63.6 Å². The van der Waals surface area contributed by atoms with Gasteiger partial charge in [-0.3, -0.25) is 4.79 Å². The van der Waals surface area contributed by atoms with Gasteiger partial charge in [0.1, 0.15) is 0 Å². The fraction of sp³-hybridized carbons (Fsp3) is 0.273. The molecule has 1 fully saturated rings. The Bertz CT molecular complexity index is 1330. The van der Waals surface area contributed by atoms with Crippen LogP contribution in [0.1, 0.15) is 16.2 Å². The molecule has 4 heterocycles. The number of hydrogen-bond acceptors (Lipinski definition) is 7. The number of hydrogen-bond donors (Lipinski definition) is 0. The lowest BCUT2D eigenvalue weighted by Gasteiger charge is -2.35. The fourth-order valence-electron chi connectivity index (χ4n) is 4.23. The molecule has 0 unspecified atom stereocenters. The normalized spacial score (nSPS) is 15.8. The van der Waals surface area contributed by atoms with Crippen LogP contribution >= 0.6 is 0 Å². The van der Waals surface area contributed by atoms with Crippen LogP contribution < -0.4 is 14.4 Å². The summed E-state index contributed by atoms with van der Waals surface area (Å²) in [4.78, 5) is 17.1. The molecular formula is C22H20N6O3.